The normalized spacial score (nSPS) is 17.0. The van der Waals surface area contributed by atoms with Gasteiger partial charge in [-0.2, -0.15) is 0 Å². The SMILES string of the molecule is Clc1cccc(N2CCN(CCCCOc3cc(Cl)cc4c3CCC4)CC2)c1. The molecule has 1 saturated heterocycles. The Hall–Kier alpha value is -1.42. The van der Waals surface area contributed by atoms with Crippen LogP contribution in [-0.4, -0.2) is 44.2 Å². The highest BCUT2D eigenvalue weighted by Crippen LogP contribution is 2.34. The Morgan fingerprint density at radius 1 is 0.893 bits per heavy atom. The molecule has 2 aromatic rings. The standard InChI is InChI=1S/C23H28Cl2N2O/c24-19-6-4-7-21(16-19)27-12-10-26(11-13-27)9-1-2-14-28-23-17-20(25)15-18-5-3-8-22(18)23/h4,6-7,15-17H,1-3,5,8-14H2. The molecule has 1 aliphatic heterocycles. The summed E-state index contributed by atoms with van der Waals surface area (Å²) in [6, 6.07) is 12.2. The van der Waals surface area contributed by atoms with Gasteiger partial charge in [0.1, 0.15) is 5.75 Å². The lowest BCUT2D eigenvalue weighted by Crippen LogP contribution is -2.46. The Kier molecular flexibility index (Phi) is 6.66. The number of anilines is 1. The third kappa shape index (κ3) is 4.94. The molecule has 0 amide bonds. The van der Waals surface area contributed by atoms with Gasteiger partial charge >= 0.3 is 0 Å². The molecule has 5 heteroatoms. The molecule has 150 valence electrons. The molecule has 1 fully saturated rings. The Morgan fingerprint density at radius 2 is 1.75 bits per heavy atom. The van der Waals surface area contributed by atoms with E-state index in [1.54, 1.807) is 0 Å². The van der Waals surface area contributed by atoms with E-state index in [2.05, 4.69) is 28.0 Å². The summed E-state index contributed by atoms with van der Waals surface area (Å²) in [6.07, 6.45) is 5.72. The number of ether oxygens (including phenoxy) is 1. The van der Waals surface area contributed by atoms with Crippen LogP contribution in [0.15, 0.2) is 36.4 Å². The van der Waals surface area contributed by atoms with E-state index < -0.39 is 0 Å². The molecule has 2 aliphatic rings. The molecule has 0 spiro atoms. The molecule has 4 rings (SSSR count). The summed E-state index contributed by atoms with van der Waals surface area (Å²) < 4.78 is 6.08. The Labute approximate surface area is 178 Å². The lowest BCUT2D eigenvalue weighted by atomic mass is 10.1. The smallest absolute Gasteiger partial charge is 0.124 e. The molecule has 0 N–H and O–H groups in total. The Balaban J connectivity index is 1.16. The van der Waals surface area contributed by atoms with Gasteiger partial charge in [-0.3, -0.25) is 4.90 Å². The number of hydrogen-bond acceptors (Lipinski definition) is 3. The zero-order valence-corrected chi connectivity index (χ0v) is 17.8. The fourth-order valence-corrected chi connectivity index (χ4v) is 4.69. The topological polar surface area (TPSA) is 15.7 Å². The first-order valence-corrected chi connectivity index (χ1v) is 11.1. The van der Waals surface area contributed by atoms with Crippen molar-refractivity contribution >= 4 is 28.9 Å². The number of nitrogens with zero attached hydrogens (tertiary/aromatic N) is 2. The van der Waals surface area contributed by atoms with E-state index in [1.807, 2.05) is 18.2 Å². The summed E-state index contributed by atoms with van der Waals surface area (Å²) in [7, 11) is 0. The molecule has 28 heavy (non-hydrogen) atoms. The van der Waals surface area contributed by atoms with E-state index in [4.69, 9.17) is 27.9 Å². The van der Waals surface area contributed by atoms with Gasteiger partial charge in [0, 0.05) is 41.9 Å². The number of hydrogen-bond donors (Lipinski definition) is 0. The molecular formula is C23H28Cl2N2O. The van der Waals surface area contributed by atoms with Crippen molar-refractivity contribution in [1.29, 1.82) is 0 Å². The van der Waals surface area contributed by atoms with Crippen LogP contribution in [-0.2, 0) is 12.8 Å². The molecule has 1 heterocycles. The average molecular weight is 419 g/mol. The number of unbranched alkanes of at least 4 members (excludes halogenated alkanes) is 1. The van der Waals surface area contributed by atoms with Crippen molar-refractivity contribution in [3.05, 3.63) is 57.6 Å². The summed E-state index contributed by atoms with van der Waals surface area (Å²) in [5.74, 6) is 1.01. The number of fused-ring (bicyclic) bond motifs is 1. The average Bonchev–Trinajstić information content (AvgIpc) is 3.16. The number of piperazine rings is 1. The number of rotatable bonds is 7. The second-order valence-electron chi connectivity index (χ2n) is 7.76. The Morgan fingerprint density at radius 3 is 2.57 bits per heavy atom. The lowest BCUT2D eigenvalue weighted by Gasteiger charge is -2.36. The summed E-state index contributed by atoms with van der Waals surface area (Å²) in [6.45, 7) is 6.25. The highest BCUT2D eigenvalue weighted by Gasteiger charge is 2.18. The molecule has 0 bridgehead atoms. The van der Waals surface area contributed by atoms with Crippen molar-refractivity contribution in [3.8, 4) is 5.75 Å². The predicted molar refractivity (Wildman–Crippen MR) is 118 cm³/mol. The van der Waals surface area contributed by atoms with Gasteiger partial charge in [0.2, 0.25) is 0 Å². The van der Waals surface area contributed by atoms with Crippen molar-refractivity contribution in [1.82, 2.24) is 4.90 Å². The van der Waals surface area contributed by atoms with E-state index in [0.29, 0.717) is 0 Å². The van der Waals surface area contributed by atoms with Gasteiger partial charge in [0.25, 0.3) is 0 Å². The van der Waals surface area contributed by atoms with Crippen LogP contribution in [0.2, 0.25) is 10.0 Å². The summed E-state index contributed by atoms with van der Waals surface area (Å²) in [4.78, 5) is 4.98. The van der Waals surface area contributed by atoms with E-state index in [0.717, 1.165) is 74.4 Å². The number of halogens is 2. The van der Waals surface area contributed by atoms with Gasteiger partial charge in [0.15, 0.2) is 0 Å². The van der Waals surface area contributed by atoms with Crippen LogP contribution in [0.25, 0.3) is 0 Å². The van der Waals surface area contributed by atoms with Crippen LogP contribution in [0.3, 0.4) is 0 Å². The van der Waals surface area contributed by atoms with E-state index in [1.165, 1.54) is 29.7 Å². The largest absolute Gasteiger partial charge is 0.493 e. The van der Waals surface area contributed by atoms with E-state index in [-0.39, 0.29) is 0 Å². The predicted octanol–water partition coefficient (Wildman–Crippen LogP) is 5.46. The molecule has 3 nitrogen and oxygen atoms in total. The van der Waals surface area contributed by atoms with Gasteiger partial charge in [-0.05, 0) is 80.1 Å². The van der Waals surface area contributed by atoms with Crippen molar-refractivity contribution in [2.75, 3.05) is 44.2 Å². The van der Waals surface area contributed by atoms with Crippen molar-refractivity contribution in [2.24, 2.45) is 0 Å². The minimum absolute atomic E-state index is 0.773. The Bertz CT molecular complexity index is 803. The van der Waals surface area contributed by atoms with Crippen LogP contribution < -0.4 is 9.64 Å². The maximum atomic E-state index is 6.24. The maximum absolute atomic E-state index is 6.24. The van der Waals surface area contributed by atoms with Gasteiger partial charge in [-0.1, -0.05) is 29.3 Å². The van der Waals surface area contributed by atoms with Crippen LogP contribution in [0.4, 0.5) is 5.69 Å². The number of benzene rings is 2. The van der Waals surface area contributed by atoms with E-state index >= 15 is 0 Å². The molecule has 0 atom stereocenters. The molecule has 2 aromatic carbocycles. The minimum Gasteiger partial charge on any atom is -0.493 e. The zero-order chi connectivity index (χ0) is 19.3. The van der Waals surface area contributed by atoms with Crippen molar-refractivity contribution in [2.45, 2.75) is 32.1 Å². The monoisotopic (exact) mass is 418 g/mol. The first-order chi connectivity index (χ1) is 13.7. The minimum atomic E-state index is 0.773. The van der Waals surface area contributed by atoms with Crippen molar-refractivity contribution < 1.29 is 4.74 Å². The van der Waals surface area contributed by atoms with Crippen molar-refractivity contribution in [3.63, 3.8) is 0 Å². The maximum Gasteiger partial charge on any atom is 0.124 e. The number of aryl methyl sites for hydroxylation is 1. The molecule has 0 radical (unpaired) electrons. The zero-order valence-electron chi connectivity index (χ0n) is 16.3. The molecule has 0 saturated carbocycles. The molecule has 1 aliphatic carbocycles. The molecule has 0 aromatic heterocycles. The lowest BCUT2D eigenvalue weighted by molar-refractivity contribution is 0.238. The van der Waals surface area contributed by atoms with Crippen LogP contribution >= 0.6 is 23.2 Å². The molecule has 0 unspecified atom stereocenters. The van der Waals surface area contributed by atoms with E-state index in [9.17, 15) is 0 Å². The van der Waals surface area contributed by atoms with Crippen LogP contribution in [0.1, 0.15) is 30.4 Å². The second kappa shape index (κ2) is 9.39. The first-order valence-electron chi connectivity index (χ1n) is 10.4. The van der Waals surface area contributed by atoms with Gasteiger partial charge in [-0.15, -0.1) is 0 Å². The summed E-state index contributed by atoms with van der Waals surface area (Å²) in [5.41, 5.74) is 3.98. The fourth-order valence-electron chi connectivity index (χ4n) is 4.28. The highest BCUT2D eigenvalue weighted by molar-refractivity contribution is 6.31. The van der Waals surface area contributed by atoms with Gasteiger partial charge < -0.3 is 9.64 Å². The fraction of sp³-hybridized carbons (Fsp3) is 0.478. The van der Waals surface area contributed by atoms with Gasteiger partial charge in [-0.25, -0.2) is 0 Å². The van der Waals surface area contributed by atoms with Crippen LogP contribution in [0.5, 0.6) is 5.75 Å². The summed E-state index contributed by atoms with van der Waals surface area (Å²) in [5, 5.41) is 1.61. The second-order valence-corrected chi connectivity index (χ2v) is 8.63. The molecular weight excluding hydrogens is 391 g/mol. The highest BCUT2D eigenvalue weighted by atomic mass is 35.5. The first kappa shape index (κ1) is 19.9. The third-order valence-corrected chi connectivity index (χ3v) is 6.26. The van der Waals surface area contributed by atoms with Crippen LogP contribution in [0, 0.1) is 0 Å². The third-order valence-electron chi connectivity index (χ3n) is 5.81. The quantitative estimate of drug-likeness (QED) is 0.554. The van der Waals surface area contributed by atoms with Gasteiger partial charge in [0.05, 0.1) is 6.61 Å². The summed E-state index contributed by atoms with van der Waals surface area (Å²) >= 11 is 12.4.